The number of nitrogens with one attached hydrogen (secondary N) is 1. The van der Waals surface area contributed by atoms with Gasteiger partial charge in [0.25, 0.3) is 5.91 Å². The summed E-state index contributed by atoms with van der Waals surface area (Å²) in [6.45, 7) is 3.99. The van der Waals surface area contributed by atoms with Gasteiger partial charge in [-0.1, -0.05) is 29.8 Å². The van der Waals surface area contributed by atoms with E-state index >= 15 is 0 Å². The van der Waals surface area contributed by atoms with Crippen LogP contribution in [0.3, 0.4) is 0 Å². The van der Waals surface area contributed by atoms with Crippen LogP contribution in [0.4, 0.5) is 5.69 Å². The van der Waals surface area contributed by atoms with Crippen LogP contribution in [0.2, 0.25) is 5.02 Å². The van der Waals surface area contributed by atoms with E-state index in [1.807, 2.05) is 44.2 Å². The highest BCUT2D eigenvalue weighted by Crippen LogP contribution is 2.20. The van der Waals surface area contributed by atoms with Crippen molar-refractivity contribution in [2.45, 2.75) is 13.8 Å². The van der Waals surface area contributed by atoms with Crippen molar-refractivity contribution in [3.05, 3.63) is 58.6 Å². The molecular formula is C16H16ClNO2. The van der Waals surface area contributed by atoms with Gasteiger partial charge in [-0.25, -0.2) is 0 Å². The molecule has 0 saturated heterocycles. The normalized spacial score (nSPS) is 10.2. The lowest BCUT2D eigenvalue weighted by Gasteiger charge is -2.09. The number of amides is 1. The summed E-state index contributed by atoms with van der Waals surface area (Å²) in [4.78, 5) is 11.8. The first kappa shape index (κ1) is 14.4. The molecule has 2 aromatic rings. The van der Waals surface area contributed by atoms with E-state index in [1.54, 1.807) is 12.1 Å². The Morgan fingerprint density at radius 1 is 1.15 bits per heavy atom. The lowest BCUT2D eigenvalue weighted by atomic mass is 10.1. The molecule has 0 bridgehead atoms. The first-order valence-corrected chi connectivity index (χ1v) is 6.68. The van der Waals surface area contributed by atoms with Crippen molar-refractivity contribution in [2.75, 3.05) is 11.9 Å². The van der Waals surface area contributed by atoms with Gasteiger partial charge < -0.3 is 10.1 Å². The third-order valence-electron chi connectivity index (χ3n) is 3.00. The fraction of sp³-hybridized carbons (Fsp3) is 0.188. The van der Waals surface area contributed by atoms with Crippen molar-refractivity contribution in [1.82, 2.24) is 0 Å². The molecule has 3 nitrogen and oxygen atoms in total. The maximum absolute atomic E-state index is 11.8. The number of hydrogen-bond donors (Lipinski definition) is 1. The average Bonchev–Trinajstić information content (AvgIpc) is 2.43. The van der Waals surface area contributed by atoms with Gasteiger partial charge in [0, 0.05) is 0 Å². The van der Waals surface area contributed by atoms with Gasteiger partial charge in [0.2, 0.25) is 0 Å². The van der Waals surface area contributed by atoms with Crippen LogP contribution >= 0.6 is 11.6 Å². The highest BCUT2D eigenvalue weighted by atomic mass is 35.5. The minimum absolute atomic E-state index is 0.0479. The molecule has 4 heteroatoms. The maximum atomic E-state index is 11.8. The second-order valence-corrected chi connectivity index (χ2v) is 4.97. The summed E-state index contributed by atoms with van der Waals surface area (Å²) in [6, 6.07) is 12.8. The molecular weight excluding hydrogens is 274 g/mol. The fourth-order valence-electron chi connectivity index (χ4n) is 1.70. The van der Waals surface area contributed by atoms with Crippen LogP contribution in [-0.4, -0.2) is 12.5 Å². The molecule has 0 unspecified atom stereocenters. The van der Waals surface area contributed by atoms with Gasteiger partial charge in [-0.3, -0.25) is 4.79 Å². The van der Waals surface area contributed by atoms with Crippen LogP contribution in [0.25, 0.3) is 0 Å². The fourth-order valence-corrected chi connectivity index (χ4v) is 1.88. The smallest absolute Gasteiger partial charge is 0.262 e. The molecule has 2 aromatic carbocycles. The van der Waals surface area contributed by atoms with E-state index < -0.39 is 0 Å². The third-order valence-corrected chi connectivity index (χ3v) is 3.33. The van der Waals surface area contributed by atoms with Gasteiger partial charge in [-0.15, -0.1) is 0 Å². The van der Waals surface area contributed by atoms with Crippen LogP contribution in [0.15, 0.2) is 42.5 Å². The Bertz CT molecular complexity index is 626. The summed E-state index contributed by atoms with van der Waals surface area (Å²) in [7, 11) is 0. The van der Waals surface area contributed by atoms with Gasteiger partial charge in [-0.05, 0) is 49.2 Å². The number of aryl methyl sites for hydroxylation is 2. The Balaban J connectivity index is 1.92. The zero-order valence-electron chi connectivity index (χ0n) is 11.4. The average molecular weight is 290 g/mol. The Morgan fingerprint density at radius 3 is 2.60 bits per heavy atom. The van der Waals surface area contributed by atoms with Crippen molar-refractivity contribution in [3.63, 3.8) is 0 Å². The predicted octanol–water partition coefficient (Wildman–Crippen LogP) is 3.97. The van der Waals surface area contributed by atoms with Gasteiger partial charge in [0.1, 0.15) is 5.75 Å². The number of carbonyl (C=O) groups is 1. The summed E-state index contributed by atoms with van der Waals surface area (Å²) in [5.41, 5.74) is 2.91. The van der Waals surface area contributed by atoms with E-state index in [0.717, 1.165) is 5.56 Å². The summed E-state index contributed by atoms with van der Waals surface area (Å²) in [5, 5.41) is 3.22. The van der Waals surface area contributed by atoms with Crippen molar-refractivity contribution in [1.29, 1.82) is 0 Å². The van der Waals surface area contributed by atoms with Crippen molar-refractivity contribution in [2.24, 2.45) is 0 Å². The molecule has 0 fully saturated rings. The standard InChI is InChI=1S/C16H16ClNO2/c1-11-7-8-13(9-12(11)2)20-10-16(19)18-15-6-4-3-5-14(15)17/h3-9H,10H2,1-2H3,(H,18,19). The summed E-state index contributed by atoms with van der Waals surface area (Å²) in [6.07, 6.45) is 0. The Kier molecular flexibility index (Phi) is 4.64. The maximum Gasteiger partial charge on any atom is 0.262 e. The molecule has 0 spiro atoms. The summed E-state index contributed by atoms with van der Waals surface area (Å²) >= 11 is 5.97. The summed E-state index contributed by atoms with van der Waals surface area (Å²) < 4.78 is 5.46. The number of anilines is 1. The second kappa shape index (κ2) is 6.44. The summed E-state index contributed by atoms with van der Waals surface area (Å²) in [5.74, 6) is 0.443. The molecule has 0 atom stereocenters. The lowest BCUT2D eigenvalue weighted by molar-refractivity contribution is -0.118. The first-order chi connectivity index (χ1) is 9.56. The van der Waals surface area contributed by atoms with E-state index in [4.69, 9.17) is 16.3 Å². The number of benzene rings is 2. The topological polar surface area (TPSA) is 38.3 Å². The van der Waals surface area contributed by atoms with Gasteiger partial charge >= 0.3 is 0 Å². The van der Waals surface area contributed by atoms with Crippen molar-refractivity contribution < 1.29 is 9.53 Å². The minimum Gasteiger partial charge on any atom is -0.484 e. The van der Waals surface area contributed by atoms with Gasteiger partial charge in [0.15, 0.2) is 6.61 Å². The largest absolute Gasteiger partial charge is 0.484 e. The van der Waals surface area contributed by atoms with Crippen molar-refractivity contribution >= 4 is 23.2 Å². The molecule has 2 rings (SSSR count). The van der Waals surface area contributed by atoms with Crippen LogP contribution in [0.5, 0.6) is 5.75 Å². The number of para-hydroxylation sites is 1. The van der Waals surface area contributed by atoms with E-state index in [9.17, 15) is 4.79 Å². The first-order valence-electron chi connectivity index (χ1n) is 6.30. The molecule has 0 aromatic heterocycles. The van der Waals surface area contributed by atoms with Gasteiger partial charge in [-0.2, -0.15) is 0 Å². The van der Waals surface area contributed by atoms with Crippen LogP contribution in [0, 0.1) is 13.8 Å². The monoisotopic (exact) mass is 289 g/mol. The third kappa shape index (κ3) is 3.75. The highest BCUT2D eigenvalue weighted by Gasteiger charge is 2.06. The van der Waals surface area contributed by atoms with Gasteiger partial charge in [0.05, 0.1) is 10.7 Å². The molecule has 0 aliphatic carbocycles. The molecule has 20 heavy (non-hydrogen) atoms. The Morgan fingerprint density at radius 2 is 1.90 bits per heavy atom. The van der Waals surface area contributed by atoms with Crippen LogP contribution in [0.1, 0.15) is 11.1 Å². The number of rotatable bonds is 4. The zero-order valence-corrected chi connectivity index (χ0v) is 12.2. The lowest BCUT2D eigenvalue weighted by Crippen LogP contribution is -2.20. The Hall–Kier alpha value is -2.00. The van der Waals surface area contributed by atoms with E-state index in [2.05, 4.69) is 5.32 Å². The SMILES string of the molecule is Cc1ccc(OCC(=O)Nc2ccccc2Cl)cc1C. The Labute approximate surface area is 123 Å². The van der Waals surface area contributed by atoms with Crippen molar-refractivity contribution in [3.8, 4) is 5.75 Å². The second-order valence-electron chi connectivity index (χ2n) is 4.56. The number of halogens is 1. The quantitative estimate of drug-likeness (QED) is 0.925. The minimum atomic E-state index is -0.240. The number of ether oxygens (including phenoxy) is 1. The molecule has 1 N–H and O–H groups in total. The molecule has 0 aliphatic heterocycles. The zero-order chi connectivity index (χ0) is 14.5. The van der Waals surface area contributed by atoms with E-state index in [1.165, 1.54) is 5.56 Å². The van der Waals surface area contributed by atoms with E-state index in [-0.39, 0.29) is 12.5 Å². The van der Waals surface area contributed by atoms with E-state index in [0.29, 0.717) is 16.5 Å². The molecule has 1 amide bonds. The highest BCUT2D eigenvalue weighted by molar-refractivity contribution is 6.33. The molecule has 0 saturated carbocycles. The number of hydrogen-bond acceptors (Lipinski definition) is 2. The number of carbonyl (C=O) groups excluding carboxylic acids is 1. The molecule has 104 valence electrons. The molecule has 0 radical (unpaired) electrons. The molecule has 0 aliphatic rings. The predicted molar refractivity (Wildman–Crippen MR) is 81.5 cm³/mol. The molecule has 0 heterocycles. The van der Waals surface area contributed by atoms with Crippen LogP contribution < -0.4 is 10.1 Å². The van der Waals surface area contributed by atoms with Crippen LogP contribution in [-0.2, 0) is 4.79 Å².